The van der Waals surface area contributed by atoms with Gasteiger partial charge in [0, 0.05) is 6.54 Å². The molecule has 0 unspecified atom stereocenters. The van der Waals surface area contributed by atoms with Gasteiger partial charge in [-0.2, -0.15) is 15.5 Å². The largest absolute Gasteiger partial charge is 0.348 e. The SMILES string of the molecule is Cc1cc(C(=O)NCc2ccc(C#N)cc2)c(C)nn1. The third-order valence-corrected chi connectivity index (χ3v) is 2.88. The zero-order valence-electron chi connectivity index (χ0n) is 11.3. The Labute approximate surface area is 117 Å². The second kappa shape index (κ2) is 5.93. The standard InChI is InChI=1S/C15H14N4O/c1-10-7-14(11(2)19-18-10)15(20)17-9-13-5-3-12(8-16)4-6-13/h3-7H,9H2,1-2H3,(H,17,20). The van der Waals surface area contributed by atoms with Gasteiger partial charge in [0.2, 0.25) is 0 Å². The van der Waals surface area contributed by atoms with Crippen molar-refractivity contribution in [3.8, 4) is 6.07 Å². The van der Waals surface area contributed by atoms with Gasteiger partial charge in [0.15, 0.2) is 0 Å². The molecule has 100 valence electrons. The fourth-order valence-corrected chi connectivity index (χ4v) is 1.75. The van der Waals surface area contributed by atoms with Crippen molar-refractivity contribution in [2.24, 2.45) is 0 Å². The molecule has 2 aromatic rings. The highest BCUT2D eigenvalue weighted by Crippen LogP contribution is 2.07. The lowest BCUT2D eigenvalue weighted by Gasteiger charge is -2.07. The van der Waals surface area contributed by atoms with Crippen molar-refractivity contribution in [1.82, 2.24) is 15.5 Å². The molecular formula is C15H14N4O. The lowest BCUT2D eigenvalue weighted by atomic mass is 10.1. The number of nitrogens with zero attached hydrogens (tertiary/aromatic N) is 3. The first kappa shape index (κ1) is 13.7. The Balaban J connectivity index is 2.04. The molecule has 0 atom stereocenters. The van der Waals surface area contributed by atoms with E-state index in [0.717, 1.165) is 5.56 Å². The van der Waals surface area contributed by atoms with Crippen LogP contribution in [0.2, 0.25) is 0 Å². The van der Waals surface area contributed by atoms with Crippen LogP contribution in [-0.2, 0) is 6.54 Å². The molecule has 0 aliphatic carbocycles. The molecule has 1 amide bonds. The molecule has 1 aromatic heterocycles. The summed E-state index contributed by atoms with van der Waals surface area (Å²) < 4.78 is 0. The van der Waals surface area contributed by atoms with Crippen molar-refractivity contribution in [3.63, 3.8) is 0 Å². The molecule has 5 nitrogen and oxygen atoms in total. The Morgan fingerprint density at radius 3 is 2.60 bits per heavy atom. The van der Waals surface area contributed by atoms with E-state index in [4.69, 9.17) is 5.26 Å². The molecule has 1 N–H and O–H groups in total. The van der Waals surface area contributed by atoms with Gasteiger partial charge in [0.05, 0.1) is 28.6 Å². The molecule has 20 heavy (non-hydrogen) atoms. The smallest absolute Gasteiger partial charge is 0.253 e. The molecule has 0 radical (unpaired) electrons. The molecule has 2 rings (SSSR count). The molecule has 0 aliphatic rings. The van der Waals surface area contributed by atoms with Gasteiger partial charge in [-0.15, -0.1) is 0 Å². The van der Waals surface area contributed by atoms with Crippen molar-refractivity contribution in [3.05, 3.63) is 58.4 Å². The average Bonchev–Trinajstić information content (AvgIpc) is 2.47. The van der Waals surface area contributed by atoms with Gasteiger partial charge in [-0.1, -0.05) is 12.1 Å². The highest BCUT2D eigenvalue weighted by Gasteiger charge is 2.10. The van der Waals surface area contributed by atoms with Crippen molar-refractivity contribution in [1.29, 1.82) is 5.26 Å². The van der Waals surface area contributed by atoms with E-state index in [9.17, 15) is 4.79 Å². The number of nitrogens with one attached hydrogen (secondary N) is 1. The van der Waals surface area contributed by atoms with Crippen molar-refractivity contribution < 1.29 is 4.79 Å². The van der Waals surface area contributed by atoms with Crippen LogP contribution in [0.1, 0.15) is 32.9 Å². The van der Waals surface area contributed by atoms with E-state index >= 15 is 0 Å². The second-order valence-electron chi connectivity index (χ2n) is 4.48. The van der Waals surface area contributed by atoms with Gasteiger partial charge in [0.1, 0.15) is 0 Å². The Bertz CT molecular complexity index is 671. The average molecular weight is 266 g/mol. The zero-order chi connectivity index (χ0) is 14.5. The van der Waals surface area contributed by atoms with Gasteiger partial charge < -0.3 is 5.32 Å². The number of rotatable bonds is 3. The molecule has 0 saturated carbocycles. The van der Waals surface area contributed by atoms with Crippen LogP contribution in [0.15, 0.2) is 30.3 Å². The van der Waals surface area contributed by atoms with Crippen LogP contribution in [0, 0.1) is 25.2 Å². The maximum atomic E-state index is 12.1. The lowest BCUT2D eigenvalue weighted by Crippen LogP contribution is -2.24. The first-order chi connectivity index (χ1) is 9.60. The number of benzene rings is 1. The van der Waals surface area contributed by atoms with Crippen LogP contribution in [0.25, 0.3) is 0 Å². The summed E-state index contributed by atoms with van der Waals surface area (Å²) in [6.45, 7) is 3.96. The Morgan fingerprint density at radius 2 is 1.95 bits per heavy atom. The van der Waals surface area contributed by atoms with E-state index in [0.29, 0.717) is 29.1 Å². The van der Waals surface area contributed by atoms with Gasteiger partial charge >= 0.3 is 0 Å². The van der Waals surface area contributed by atoms with E-state index in [1.54, 1.807) is 32.0 Å². The summed E-state index contributed by atoms with van der Waals surface area (Å²) in [7, 11) is 0. The number of carbonyl (C=O) groups excluding carboxylic acids is 1. The highest BCUT2D eigenvalue weighted by atomic mass is 16.1. The lowest BCUT2D eigenvalue weighted by molar-refractivity contribution is 0.0949. The number of amides is 1. The Morgan fingerprint density at radius 1 is 1.25 bits per heavy atom. The molecule has 0 saturated heterocycles. The zero-order valence-corrected chi connectivity index (χ0v) is 11.3. The minimum Gasteiger partial charge on any atom is -0.348 e. The van der Waals surface area contributed by atoms with Crippen molar-refractivity contribution in [2.45, 2.75) is 20.4 Å². The van der Waals surface area contributed by atoms with E-state index < -0.39 is 0 Å². The third-order valence-electron chi connectivity index (χ3n) is 2.88. The minimum absolute atomic E-state index is 0.176. The summed E-state index contributed by atoms with van der Waals surface area (Å²) in [5.41, 5.74) is 3.39. The van der Waals surface area contributed by atoms with Crippen LogP contribution in [-0.4, -0.2) is 16.1 Å². The monoisotopic (exact) mass is 266 g/mol. The number of hydrogen-bond donors (Lipinski definition) is 1. The van der Waals surface area contributed by atoms with E-state index in [1.807, 2.05) is 12.1 Å². The summed E-state index contributed by atoms with van der Waals surface area (Å²) in [5.74, 6) is -0.176. The second-order valence-corrected chi connectivity index (χ2v) is 4.48. The number of hydrogen-bond acceptors (Lipinski definition) is 4. The summed E-state index contributed by atoms with van der Waals surface area (Å²) in [6.07, 6.45) is 0. The van der Waals surface area contributed by atoms with Gasteiger partial charge in [-0.05, 0) is 37.6 Å². The highest BCUT2D eigenvalue weighted by molar-refractivity contribution is 5.95. The maximum Gasteiger partial charge on any atom is 0.253 e. The molecule has 1 heterocycles. The summed E-state index contributed by atoms with van der Waals surface area (Å²) in [5, 5.41) is 19.4. The fraction of sp³-hybridized carbons (Fsp3) is 0.200. The number of aryl methyl sites for hydroxylation is 2. The molecule has 0 fully saturated rings. The van der Waals surface area contributed by atoms with E-state index in [1.165, 1.54) is 0 Å². The van der Waals surface area contributed by atoms with Crippen LogP contribution >= 0.6 is 0 Å². The number of carbonyl (C=O) groups is 1. The molecule has 5 heteroatoms. The van der Waals surface area contributed by atoms with Gasteiger partial charge in [0.25, 0.3) is 5.91 Å². The minimum atomic E-state index is -0.176. The van der Waals surface area contributed by atoms with Crippen molar-refractivity contribution in [2.75, 3.05) is 0 Å². The Kier molecular flexibility index (Phi) is 4.06. The van der Waals surface area contributed by atoms with Crippen LogP contribution in [0.5, 0.6) is 0 Å². The first-order valence-electron chi connectivity index (χ1n) is 6.18. The summed E-state index contributed by atoms with van der Waals surface area (Å²) in [4.78, 5) is 12.1. The first-order valence-corrected chi connectivity index (χ1v) is 6.18. The predicted octanol–water partition coefficient (Wildman–Crippen LogP) is 1.90. The van der Waals surface area contributed by atoms with Crippen LogP contribution in [0.4, 0.5) is 0 Å². The molecule has 0 bridgehead atoms. The van der Waals surface area contributed by atoms with Gasteiger partial charge in [-0.25, -0.2) is 0 Å². The molecular weight excluding hydrogens is 252 g/mol. The maximum absolute atomic E-state index is 12.1. The molecule has 1 aromatic carbocycles. The van der Waals surface area contributed by atoms with E-state index in [-0.39, 0.29) is 5.91 Å². The van der Waals surface area contributed by atoms with E-state index in [2.05, 4.69) is 21.6 Å². The van der Waals surface area contributed by atoms with Crippen LogP contribution < -0.4 is 5.32 Å². The predicted molar refractivity (Wildman–Crippen MR) is 73.8 cm³/mol. The molecule has 0 aliphatic heterocycles. The third kappa shape index (κ3) is 3.18. The number of aromatic nitrogens is 2. The fourth-order valence-electron chi connectivity index (χ4n) is 1.75. The quantitative estimate of drug-likeness (QED) is 0.920. The molecule has 0 spiro atoms. The number of nitriles is 1. The normalized spacial score (nSPS) is 9.85. The Hall–Kier alpha value is -2.74. The summed E-state index contributed by atoms with van der Waals surface area (Å²) >= 11 is 0. The van der Waals surface area contributed by atoms with Gasteiger partial charge in [-0.3, -0.25) is 4.79 Å². The van der Waals surface area contributed by atoms with Crippen LogP contribution in [0.3, 0.4) is 0 Å². The topological polar surface area (TPSA) is 78.7 Å². The van der Waals surface area contributed by atoms with Crippen molar-refractivity contribution >= 4 is 5.91 Å². The summed E-state index contributed by atoms with van der Waals surface area (Å²) in [6, 6.07) is 10.9.